The van der Waals surface area contributed by atoms with Gasteiger partial charge < -0.3 is 5.32 Å². The maximum Gasteiger partial charge on any atom is 0.246 e. The lowest BCUT2D eigenvalue weighted by molar-refractivity contribution is 1.09. The summed E-state index contributed by atoms with van der Waals surface area (Å²) >= 11 is 5.86. The number of aromatic amines is 1. The van der Waals surface area contributed by atoms with E-state index in [0.29, 0.717) is 11.0 Å². The van der Waals surface area contributed by atoms with E-state index < -0.39 is 0 Å². The molecule has 0 radical (unpaired) electrons. The number of nitrogens with zero attached hydrogens (tertiary/aromatic N) is 2. The van der Waals surface area contributed by atoms with E-state index in [9.17, 15) is 0 Å². The molecule has 106 valence electrons. The highest BCUT2D eigenvalue weighted by Crippen LogP contribution is 2.20. The highest BCUT2D eigenvalue weighted by molar-refractivity contribution is 6.30. The first-order chi connectivity index (χ1) is 10.2. The van der Waals surface area contributed by atoms with Crippen LogP contribution in [0.2, 0.25) is 5.02 Å². The van der Waals surface area contributed by atoms with Crippen LogP contribution < -0.4 is 5.32 Å². The molecule has 3 aromatic rings. The molecule has 0 saturated heterocycles. The minimum atomic E-state index is 0.534. The SMILES string of the molecule is CCc1ccc(-c2nc(Nc3ccc(Cl)cc3)n[nH]2)cc1. The van der Waals surface area contributed by atoms with Crippen molar-refractivity contribution in [2.24, 2.45) is 0 Å². The van der Waals surface area contributed by atoms with E-state index in [-0.39, 0.29) is 0 Å². The standard InChI is InChI=1S/C16H15ClN4/c1-2-11-3-5-12(6-4-11)15-19-16(21-20-15)18-14-9-7-13(17)8-10-14/h3-10H,2H2,1H3,(H2,18,19,20,21). The zero-order valence-electron chi connectivity index (χ0n) is 11.6. The summed E-state index contributed by atoms with van der Waals surface area (Å²) < 4.78 is 0. The molecule has 0 unspecified atom stereocenters. The van der Waals surface area contributed by atoms with Gasteiger partial charge in [0.25, 0.3) is 0 Å². The van der Waals surface area contributed by atoms with Crippen LogP contribution in [-0.2, 0) is 6.42 Å². The van der Waals surface area contributed by atoms with Crippen molar-refractivity contribution in [1.82, 2.24) is 15.2 Å². The molecule has 0 fully saturated rings. The largest absolute Gasteiger partial charge is 0.323 e. The zero-order valence-corrected chi connectivity index (χ0v) is 12.4. The number of halogens is 1. The Hall–Kier alpha value is -2.33. The molecule has 0 spiro atoms. The average Bonchev–Trinajstić information content (AvgIpc) is 2.98. The lowest BCUT2D eigenvalue weighted by atomic mass is 10.1. The molecule has 0 aliphatic carbocycles. The Bertz CT molecular complexity index is 717. The minimum absolute atomic E-state index is 0.534. The quantitative estimate of drug-likeness (QED) is 0.749. The van der Waals surface area contributed by atoms with Crippen LogP contribution >= 0.6 is 11.6 Å². The normalized spacial score (nSPS) is 10.6. The van der Waals surface area contributed by atoms with Gasteiger partial charge in [0.1, 0.15) is 0 Å². The fourth-order valence-electron chi connectivity index (χ4n) is 2.01. The van der Waals surface area contributed by atoms with Crippen LogP contribution in [0.3, 0.4) is 0 Å². The summed E-state index contributed by atoms with van der Waals surface area (Å²) in [5.74, 6) is 1.28. The Labute approximate surface area is 128 Å². The number of rotatable bonds is 4. The van der Waals surface area contributed by atoms with Crippen LogP contribution in [0.5, 0.6) is 0 Å². The third-order valence-electron chi connectivity index (χ3n) is 3.22. The fraction of sp³-hybridized carbons (Fsp3) is 0.125. The Morgan fingerprint density at radius 2 is 1.76 bits per heavy atom. The maximum atomic E-state index is 5.86. The molecule has 0 bridgehead atoms. The van der Waals surface area contributed by atoms with Crippen molar-refractivity contribution < 1.29 is 0 Å². The molecule has 0 saturated carbocycles. The fourth-order valence-corrected chi connectivity index (χ4v) is 2.13. The number of aryl methyl sites for hydroxylation is 1. The van der Waals surface area contributed by atoms with E-state index in [1.54, 1.807) is 0 Å². The van der Waals surface area contributed by atoms with E-state index in [0.717, 1.165) is 23.5 Å². The second kappa shape index (κ2) is 5.97. The summed E-state index contributed by atoms with van der Waals surface area (Å²) in [6.07, 6.45) is 1.03. The third kappa shape index (κ3) is 3.23. The summed E-state index contributed by atoms with van der Waals surface area (Å²) in [5, 5.41) is 10.9. The molecule has 5 heteroatoms. The highest BCUT2D eigenvalue weighted by atomic mass is 35.5. The molecule has 1 aromatic heterocycles. The van der Waals surface area contributed by atoms with Crippen molar-refractivity contribution in [3.63, 3.8) is 0 Å². The average molecular weight is 299 g/mol. The predicted molar refractivity (Wildman–Crippen MR) is 85.9 cm³/mol. The van der Waals surface area contributed by atoms with Gasteiger partial charge in [0.2, 0.25) is 5.95 Å². The molecular formula is C16H15ClN4. The molecule has 2 aromatic carbocycles. The summed E-state index contributed by atoms with van der Waals surface area (Å²) in [7, 11) is 0. The van der Waals surface area contributed by atoms with Gasteiger partial charge in [0, 0.05) is 16.3 Å². The molecule has 21 heavy (non-hydrogen) atoms. The van der Waals surface area contributed by atoms with E-state index >= 15 is 0 Å². The zero-order chi connectivity index (χ0) is 14.7. The van der Waals surface area contributed by atoms with Crippen LogP contribution in [0.25, 0.3) is 11.4 Å². The molecule has 0 aliphatic heterocycles. The van der Waals surface area contributed by atoms with Gasteiger partial charge in [-0.15, -0.1) is 5.10 Å². The topological polar surface area (TPSA) is 53.6 Å². The van der Waals surface area contributed by atoms with Crippen molar-refractivity contribution in [1.29, 1.82) is 0 Å². The molecule has 2 N–H and O–H groups in total. The van der Waals surface area contributed by atoms with Crippen LogP contribution in [0, 0.1) is 0 Å². The lowest BCUT2D eigenvalue weighted by Gasteiger charge is -2.01. The van der Waals surface area contributed by atoms with Gasteiger partial charge >= 0.3 is 0 Å². The van der Waals surface area contributed by atoms with Crippen molar-refractivity contribution in [2.75, 3.05) is 5.32 Å². The Kier molecular flexibility index (Phi) is 3.88. The minimum Gasteiger partial charge on any atom is -0.323 e. The number of hydrogen-bond donors (Lipinski definition) is 2. The Balaban J connectivity index is 1.77. The lowest BCUT2D eigenvalue weighted by Crippen LogP contribution is -1.91. The Morgan fingerprint density at radius 3 is 2.43 bits per heavy atom. The summed E-state index contributed by atoms with van der Waals surface area (Å²) in [5.41, 5.74) is 3.22. The predicted octanol–water partition coefficient (Wildman–Crippen LogP) is 4.43. The maximum absolute atomic E-state index is 5.86. The molecule has 4 nitrogen and oxygen atoms in total. The number of aromatic nitrogens is 3. The van der Waals surface area contributed by atoms with Gasteiger partial charge in [-0.1, -0.05) is 42.8 Å². The van der Waals surface area contributed by atoms with E-state index in [4.69, 9.17) is 11.6 Å². The molecule has 0 atom stereocenters. The highest BCUT2D eigenvalue weighted by Gasteiger charge is 2.05. The molecule has 3 rings (SSSR count). The second-order valence-electron chi connectivity index (χ2n) is 4.69. The Morgan fingerprint density at radius 1 is 1.05 bits per heavy atom. The van der Waals surface area contributed by atoms with Crippen molar-refractivity contribution >= 4 is 23.2 Å². The van der Waals surface area contributed by atoms with E-state index in [1.807, 2.05) is 36.4 Å². The van der Waals surface area contributed by atoms with Crippen LogP contribution in [0.15, 0.2) is 48.5 Å². The van der Waals surface area contributed by atoms with Gasteiger partial charge in [-0.2, -0.15) is 4.98 Å². The molecular weight excluding hydrogens is 284 g/mol. The van der Waals surface area contributed by atoms with Crippen molar-refractivity contribution in [3.05, 3.63) is 59.1 Å². The van der Waals surface area contributed by atoms with Crippen LogP contribution in [-0.4, -0.2) is 15.2 Å². The summed E-state index contributed by atoms with van der Waals surface area (Å²) in [4.78, 5) is 4.44. The van der Waals surface area contributed by atoms with E-state index in [2.05, 4.69) is 39.6 Å². The number of nitrogens with one attached hydrogen (secondary N) is 2. The summed E-state index contributed by atoms with van der Waals surface area (Å²) in [6, 6.07) is 15.7. The number of H-pyrrole nitrogens is 1. The first kappa shape index (κ1) is 13.6. The van der Waals surface area contributed by atoms with Crippen LogP contribution in [0.1, 0.15) is 12.5 Å². The van der Waals surface area contributed by atoms with Crippen molar-refractivity contribution in [3.8, 4) is 11.4 Å². The molecule has 0 aliphatic rings. The van der Waals surface area contributed by atoms with Gasteiger partial charge in [-0.3, -0.25) is 5.10 Å². The summed E-state index contributed by atoms with van der Waals surface area (Å²) in [6.45, 7) is 2.14. The smallest absolute Gasteiger partial charge is 0.246 e. The first-order valence-corrected chi connectivity index (χ1v) is 7.16. The number of anilines is 2. The molecule has 1 heterocycles. The second-order valence-corrected chi connectivity index (χ2v) is 5.13. The first-order valence-electron chi connectivity index (χ1n) is 6.79. The monoisotopic (exact) mass is 298 g/mol. The van der Waals surface area contributed by atoms with E-state index in [1.165, 1.54) is 5.56 Å². The van der Waals surface area contributed by atoms with Crippen LogP contribution in [0.4, 0.5) is 11.6 Å². The van der Waals surface area contributed by atoms with Gasteiger partial charge in [-0.25, -0.2) is 0 Å². The van der Waals surface area contributed by atoms with Gasteiger partial charge in [-0.05, 0) is 36.2 Å². The van der Waals surface area contributed by atoms with Gasteiger partial charge in [0.05, 0.1) is 0 Å². The number of hydrogen-bond acceptors (Lipinski definition) is 3. The number of benzene rings is 2. The molecule has 0 amide bonds. The third-order valence-corrected chi connectivity index (χ3v) is 3.47. The van der Waals surface area contributed by atoms with Crippen molar-refractivity contribution in [2.45, 2.75) is 13.3 Å². The van der Waals surface area contributed by atoms with Gasteiger partial charge in [0.15, 0.2) is 5.82 Å².